The largest absolute Gasteiger partial charge is 0.480 e. The third-order valence-electron chi connectivity index (χ3n) is 3.13. The highest BCUT2D eigenvalue weighted by Gasteiger charge is 2.48. The van der Waals surface area contributed by atoms with E-state index in [2.05, 4.69) is 6.92 Å². The first-order valence-corrected chi connectivity index (χ1v) is 5.71. The van der Waals surface area contributed by atoms with E-state index in [0.717, 1.165) is 32.2 Å². The Morgan fingerprint density at radius 1 is 1.60 bits per heavy atom. The van der Waals surface area contributed by atoms with Crippen LogP contribution in [0.2, 0.25) is 0 Å². The Balaban J connectivity index is 2.47. The lowest BCUT2D eigenvalue weighted by Crippen LogP contribution is -2.57. The first-order chi connectivity index (χ1) is 7.00. The maximum Gasteiger partial charge on any atom is 0.325 e. The summed E-state index contributed by atoms with van der Waals surface area (Å²) in [5.41, 5.74) is 4.95. The van der Waals surface area contributed by atoms with Crippen molar-refractivity contribution in [3.05, 3.63) is 0 Å². The molecule has 15 heavy (non-hydrogen) atoms. The monoisotopic (exact) mass is 214 g/mol. The average Bonchev–Trinajstić information content (AvgIpc) is 2.97. The minimum atomic E-state index is -1.03. The second-order valence-electron chi connectivity index (χ2n) is 4.71. The number of nitrogens with two attached hydrogens (primary N) is 1. The number of nitrogens with zero attached hydrogens (tertiary/aromatic N) is 1. The van der Waals surface area contributed by atoms with Crippen molar-refractivity contribution >= 4 is 5.97 Å². The van der Waals surface area contributed by atoms with Crippen LogP contribution in [0.5, 0.6) is 0 Å². The average molecular weight is 214 g/mol. The number of carboxylic acids is 1. The molecule has 0 bridgehead atoms. The Hall–Kier alpha value is -0.610. The van der Waals surface area contributed by atoms with Crippen molar-refractivity contribution in [1.82, 2.24) is 4.90 Å². The van der Waals surface area contributed by atoms with Crippen LogP contribution in [0.4, 0.5) is 0 Å². The summed E-state index contributed by atoms with van der Waals surface area (Å²) in [7, 11) is 1.95. The molecule has 1 aliphatic rings. The number of rotatable bonds is 7. The summed E-state index contributed by atoms with van der Waals surface area (Å²) in [6, 6.07) is 0. The van der Waals surface area contributed by atoms with Crippen LogP contribution >= 0.6 is 0 Å². The van der Waals surface area contributed by atoms with Crippen molar-refractivity contribution in [2.75, 3.05) is 20.1 Å². The summed E-state index contributed by atoms with van der Waals surface area (Å²) in [5.74, 6) is -0.674. The third kappa shape index (κ3) is 3.18. The molecule has 4 heteroatoms. The Labute approximate surface area is 91.4 Å². The van der Waals surface area contributed by atoms with Gasteiger partial charge in [-0.2, -0.15) is 0 Å². The highest BCUT2D eigenvalue weighted by Crippen LogP contribution is 2.38. The van der Waals surface area contributed by atoms with E-state index >= 15 is 0 Å². The predicted octanol–water partition coefficient (Wildman–Crippen LogP) is 0.910. The molecular formula is C11H22N2O2. The molecule has 0 aromatic rings. The minimum absolute atomic E-state index is 0.180. The topological polar surface area (TPSA) is 66.6 Å². The number of carbonyl (C=O) groups is 1. The summed E-state index contributed by atoms with van der Waals surface area (Å²) < 4.78 is 0. The molecule has 0 aromatic carbocycles. The van der Waals surface area contributed by atoms with Gasteiger partial charge in [0, 0.05) is 6.54 Å². The van der Waals surface area contributed by atoms with Crippen molar-refractivity contribution in [1.29, 1.82) is 0 Å². The molecule has 1 unspecified atom stereocenters. The highest BCUT2D eigenvalue weighted by atomic mass is 16.4. The van der Waals surface area contributed by atoms with Crippen LogP contribution in [0.3, 0.4) is 0 Å². The van der Waals surface area contributed by atoms with Gasteiger partial charge in [-0.05, 0) is 38.8 Å². The zero-order valence-corrected chi connectivity index (χ0v) is 9.70. The highest BCUT2D eigenvalue weighted by molar-refractivity contribution is 5.79. The first-order valence-electron chi connectivity index (χ1n) is 5.71. The van der Waals surface area contributed by atoms with Crippen LogP contribution in [-0.4, -0.2) is 41.7 Å². The summed E-state index contributed by atoms with van der Waals surface area (Å²) in [5, 5.41) is 9.17. The molecule has 4 nitrogen and oxygen atoms in total. The molecule has 0 radical (unpaired) electrons. The smallest absolute Gasteiger partial charge is 0.325 e. The van der Waals surface area contributed by atoms with Gasteiger partial charge in [-0.25, -0.2) is 0 Å². The van der Waals surface area contributed by atoms with Gasteiger partial charge in [0.25, 0.3) is 0 Å². The van der Waals surface area contributed by atoms with Crippen LogP contribution < -0.4 is 5.73 Å². The van der Waals surface area contributed by atoms with Crippen LogP contribution in [0.15, 0.2) is 0 Å². The molecule has 1 saturated carbocycles. The van der Waals surface area contributed by atoms with Gasteiger partial charge in [0.15, 0.2) is 0 Å². The van der Waals surface area contributed by atoms with Crippen molar-refractivity contribution in [2.45, 2.75) is 38.1 Å². The molecule has 0 aromatic heterocycles. The van der Waals surface area contributed by atoms with Crippen LogP contribution in [-0.2, 0) is 4.79 Å². The number of likely N-dealkylation sites (N-methyl/N-ethyl adjacent to an activating group) is 1. The summed E-state index contributed by atoms with van der Waals surface area (Å²) in [4.78, 5) is 13.2. The Morgan fingerprint density at radius 3 is 2.60 bits per heavy atom. The van der Waals surface area contributed by atoms with E-state index < -0.39 is 11.5 Å². The van der Waals surface area contributed by atoms with E-state index in [1.54, 1.807) is 0 Å². The van der Waals surface area contributed by atoms with Gasteiger partial charge in [0.2, 0.25) is 0 Å². The van der Waals surface area contributed by atoms with E-state index in [1.165, 1.54) is 0 Å². The fraction of sp³-hybridized carbons (Fsp3) is 0.909. The molecule has 1 fully saturated rings. The normalized spacial score (nSPS) is 20.3. The Kier molecular flexibility index (Phi) is 4.11. The first kappa shape index (κ1) is 12.5. The number of hydrogen-bond acceptors (Lipinski definition) is 3. The molecule has 1 atom stereocenters. The van der Waals surface area contributed by atoms with Gasteiger partial charge < -0.3 is 15.7 Å². The Morgan fingerprint density at radius 2 is 2.20 bits per heavy atom. The zero-order chi connectivity index (χ0) is 11.5. The van der Waals surface area contributed by atoms with E-state index in [9.17, 15) is 4.79 Å². The van der Waals surface area contributed by atoms with Crippen molar-refractivity contribution in [3.8, 4) is 0 Å². The SMILES string of the molecule is CCCCN(C)CC(N)(C(=O)O)C1CC1. The lowest BCUT2D eigenvalue weighted by molar-refractivity contribution is -0.145. The molecule has 1 rings (SSSR count). The quantitative estimate of drug-likeness (QED) is 0.661. The number of aliphatic carboxylic acids is 1. The predicted molar refractivity (Wildman–Crippen MR) is 59.7 cm³/mol. The zero-order valence-electron chi connectivity index (χ0n) is 9.70. The van der Waals surface area contributed by atoms with Crippen LogP contribution in [0.1, 0.15) is 32.6 Å². The fourth-order valence-electron chi connectivity index (χ4n) is 1.92. The number of unbranched alkanes of at least 4 members (excludes halogenated alkanes) is 1. The lowest BCUT2D eigenvalue weighted by Gasteiger charge is -2.29. The van der Waals surface area contributed by atoms with Gasteiger partial charge in [-0.15, -0.1) is 0 Å². The van der Waals surface area contributed by atoms with E-state index in [0.29, 0.717) is 6.54 Å². The van der Waals surface area contributed by atoms with Gasteiger partial charge in [-0.1, -0.05) is 13.3 Å². The summed E-state index contributed by atoms with van der Waals surface area (Å²) in [6.45, 7) is 3.52. The van der Waals surface area contributed by atoms with E-state index in [-0.39, 0.29) is 5.92 Å². The number of hydrogen-bond donors (Lipinski definition) is 2. The fourth-order valence-corrected chi connectivity index (χ4v) is 1.92. The van der Waals surface area contributed by atoms with E-state index in [1.807, 2.05) is 11.9 Å². The van der Waals surface area contributed by atoms with Gasteiger partial charge in [0.1, 0.15) is 5.54 Å². The van der Waals surface area contributed by atoms with E-state index in [4.69, 9.17) is 10.8 Å². The molecule has 1 aliphatic carbocycles. The standard InChI is InChI=1S/C11H22N2O2/c1-3-4-7-13(2)8-11(12,10(14)15)9-5-6-9/h9H,3-8,12H2,1-2H3,(H,14,15). The molecule has 0 heterocycles. The van der Waals surface area contributed by atoms with Gasteiger partial charge >= 0.3 is 5.97 Å². The molecule has 88 valence electrons. The molecule has 3 N–H and O–H groups in total. The van der Waals surface area contributed by atoms with Crippen molar-refractivity contribution < 1.29 is 9.90 Å². The van der Waals surface area contributed by atoms with Crippen molar-refractivity contribution in [3.63, 3.8) is 0 Å². The second-order valence-corrected chi connectivity index (χ2v) is 4.71. The molecule has 0 saturated heterocycles. The van der Waals surface area contributed by atoms with Gasteiger partial charge in [0.05, 0.1) is 0 Å². The second kappa shape index (κ2) is 4.94. The minimum Gasteiger partial charge on any atom is -0.480 e. The maximum absolute atomic E-state index is 11.2. The summed E-state index contributed by atoms with van der Waals surface area (Å²) >= 11 is 0. The molecule has 0 amide bonds. The van der Waals surface area contributed by atoms with Crippen LogP contribution in [0.25, 0.3) is 0 Å². The Bertz CT molecular complexity index is 229. The number of carboxylic acid groups (broad SMARTS) is 1. The lowest BCUT2D eigenvalue weighted by atomic mass is 9.94. The summed E-state index contributed by atoms with van der Waals surface area (Å²) in [6.07, 6.45) is 4.14. The van der Waals surface area contributed by atoms with Crippen LogP contribution in [0, 0.1) is 5.92 Å². The molecule has 0 spiro atoms. The van der Waals surface area contributed by atoms with Gasteiger partial charge in [-0.3, -0.25) is 4.79 Å². The van der Waals surface area contributed by atoms with Crippen molar-refractivity contribution in [2.24, 2.45) is 11.7 Å². The third-order valence-corrected chi connectivity index (χ3v) is 3.13. The molecule has 0 aliphatic heterocycles. The maximum atomic E-state index is 11.2. The molecular weight excluding hydrogens is 192 g/mol.